The molecular weight excluding hydrogens is 859 g/mol. The van der Waals surface area contributed by atoms with Crippen LogP contribution in [0.4, 0.5) is 0 Å². The number of ether oxygens (including phenoxy) is 1. The summed E-state index contributed by atoms with van der Waals surface area (Å²) in [6, 6.07) is 4.37. The van der Waals surface area contributed by atoms with Crippen molar-refractivity contribution in [1.29, 1.82) is 0 Å². The largest absolute Gasteiger partial charge is 0.459 e. The van der Waals surface area contributed by atoms with Crippen molar-refractivity contribution in [2.75, 3.05) is 26.2 Å². The number of rotatable bonds is 23. The number of halogens is 1. The van der Waals surface area contributed by atoms with Gasteiger partial charge in [-0.15, -0.1) is 0 Å². The number of nitrogens with one attached hydrogen (secondary N) is 6. The van der Waals surface area contributed by atoms with Gasteiger partial charge in [0.1, 0.15) is 18.2 Å². The molecule has 0 bridgehead atoms. The topological polar surface area (TPSA) is 230 Å². The van der Waals surface area contributed by atoms with Crippen LogP contribution in [0.1, 0.15) is 98.5 Å². The van der Waals surface area contributed by atoms with Crippen molar-refractivity contribution in [2.24, 2.45) is 23.5 Å². The first-order valence-corrected chi connectivity index (χ1v) is 21.7. The van der Waals surface area contributed by atoms with Gasteiger partial charge in [0.2, 0.25) is 35.4 Å². The fourth-order valence-electron chi connectivity index (χ4n) is 7.22. The normalized spacial score (nSPS) is 19.4. The summed E-state index contributed by atoms with van der Waals surface area (Å²) in [7, 11) is 0. The average molecular weight is 925 g/mol. The van der Waals surface area contributed by atoms with Crippen molar-refractivity contribution < 1.29 is 38.3 Å². The maximum atomic E-state index is 14.3. The number of nitrogens with two attached hydrogens (primary N) is 1. The minimum absolute atomic E-state index is 0.0267. The van der Waals surface area contributed by atoms with Crippen LogP contribution in [0, 0.1) is 21.3 Å². The fraction of sp³-hybridized carbons (Fsp3) is 0.683. The molecule has 58 heavy (non-hydrogen) atoms. The summed E-state index contributed by atoms with van der Waals surface area (Å²) in [6.07, 6.45) is 2.33. The van der Waals surface area contributed by atoms with Gasteiger partial charge >= 0.3 is 5.97 Å². The van der Waals surface area contributed by atoms with Crippen LogP contribution in [0.5, 0.6) is 0 Å². The van der Waals surface area contributed by atoms with Crippen molar-refractivity contribution in [1.82, 2.24) is 36.8 Å². The monoisotopic (exact) mass is 924 g/mol. The Kier molecular flexibility index (Phi) is 20.3. The number of carbonyl (C=O) groups excluding carboxylic acids is 7. The standard InChI is InChI=1S/C41H65IN8O8/c1-7-26(6)37(49-40(56)36(25(4)5)48-38(54)29-13-9-17-44-29)41(57)47-30(19-24(2)3)32(58-35(53)16-15-34(52)45-22-33(43)51)23-50-18-10-14-31(50)39(55)46-21-27-11-8-12-28(42)20-27/h8,11-12,20,24-26,29-32,36-37,44H,7,9-10,13-19,21-23H2,1-6H3,(H2,43,51)(H,45,52)(H,46,55)(H,47,57)(H,48,54)(H,49,56)/t26-,29-,30+,31-,32+,36-,37-/m0/s1. The summed E-state index contributed by atoms with van der Waals surface area (Å²) < 4.78 is 7.15. The third-order valence-corrected chi connectivity index (χ3v) is 11.3. The van der Waals surface area contributed by atoms with E-state index >= 15 is 0 Å². The Morgan fingerprint density at radius 3 is 2.26 bits per heavy atom. The van der Waals surface area contributed by atoms with E-state index in [0.29, 0.717) is 38.8 Å². The van der Waals surface area contributed by atoms with Gasteiger partial charge in [0, 0.05) is 23.1 Å². The molecule has 2 aliphatic rings. The molecular formula is C41H65IN8O8. The number of esters is 1. The van der Waals surface area contributed by atoms with E-state index in [4.69, 9.17) is 10.5 Å². The molecule has 0 spiro atoms. The molecule has 2 heterocycles. The van der Waals surface area contributed by atoms with Gasteiger partial charge in [-0.2, -0.15) is 0 Å². The van der Waals surface area contributed by atoms with E-state index in [1.165, 1.54) is 0 Å². The smallest absolute Gasteiger partial charge is 0.306 e. The number of primary amides is 1. The van der Waals surface area contributed by atoms with Crippen molar-refractivity contribution in [3.05, 3.63) is 33.4 Å². The molecule has 0 unspecified atom stereocenters. The highest BCUT2D eigenvalue weighted by atomic mass is 127. The summed E-state index contributed by atoms with van der Waals surface area (Å²) in [5, 5.41) is 17.5. The van der Waals surface area contributed by atoms with Crippen LogP contribution in [0.2, 0.25) is 0 Å². The van der Waals surface area contributed by atoms with Gasteiger partial charge in [-0.1, -0.05) is 60.1 Å². The van der Waals surface area contributed by atoms with E-state index in [1.54, 1.807) is 0 Å². The van der Waals surface area contributed by atoms with Gasteiger partial charge in [0.25, 0.3) is 0 Å². The molecule has 6 amide bonds. The third-order valence-electron chi connectivity index (χ3n) is 10.7. The van der Waals surface area contributed by atoms with Crippen molar-refractivity contribution in [3.63, 3.8) is 0 Å². The molecule has 0 saturated carbocycles. The van der Waals surface area contributed by atoms with E-state index < -0.39 is 59.9 Å². The zero-order valence-electron chi connectivity index (χ0n) is 34.9. The van der Waals surface area contributed by atoms with Crippen molar-refractivity contribution in [3.8, 4) is 0 Å². The lowest BCUT2D eigenvalue weighted by molar-refractivity contribution is -0.154. The van der Waals surface area contributed by atoms with Gasteiger partial charge in [-0.3, -0.25) is 38.5 Å². The Hall–Kier alpha value is -3.84. The molecule has 2 saturated heterocycles. The predicted octanol–water partition coefficient (Wildman–Crippen LogP) is 1.62. The summed E-state index contributed by atoms with van der Waals surface area (Å²) in [5.41, 5.74) is 6.09. The van der Waals surface area contributed by atoms with Crippen LogP contribution in [-0.4, -0.2) is 109 Å². The number of hydrogen-bond acceptors (Lipinski definition) is 10. The van der Waals surface area contributed by atoms with Gasteiger partial charge < -0.3 is 42.4 Å². The van der Waals surface area contributed by atoms with Crippen LogP contribution in [0.3, 0.4) is 0 Å². The van der Waals surface area contributed by atoms with Gasteiger partial charge in [-0.25, -0.2) is 0 Å². The fourth-order valence-corrected chi connectivity index (χ4v) is 7.82. The summed E-state index contributed by atoms with van der Waals surface area (Å²) in [5.74, 6) is -3.87. The summed E-state index contributed by atoms with van der Waals surface area (Å²) in [4.78, 5) is 93.6. The molecule has 1 aromatic carbocycles. The number of nitrogens with zero attached hydrogens (tertiary/aromatic N) is 1. The van der Waals surface area contributed by atoms with Gasteiger partial charge in [0.05, 0.1) is 31.1 Å². The molecule has 3 rings (SSSR count). The number of likely N-dealkylation sites (tertiary alicyclic amines) is 1. The lowest BCUT2D eigenvalue weighted by atomic mass is 9.94. The minimum Gasteiger partial charge on any atom is -0.459 e. The molecule has 2 aliphatic heterocycles. The highest BCUT2D eigenvalue weighted by Gasteiger charge is 2.39. The van der Waals surface area contributed by atoms with Crippen LogP contribution >= 0.6 is 22.6 Å². The Labute approximate surface area is 356 Å². The minimum atomic E-state index is -0.980. The highest BCUT2D eigenvalue weighted by molar-refractivity contribution is 14.1. The predicted molar refractivity (Wildman–Crippen MR) is 227 cm³/mol. The SMILES string of the molecule is CC[C@H](C)[C@H](NC(=O)[C@@H](NC(=O)[C@@H]1CCCN1)C(C)C)C(=O)N[C@H](CC(C)C)[C@@H](CN1CCC[C@H]1C(=O)NCc1cccc(I)c1)OC(=O)CCC(=O)NCC(N)=O. The lowest BCUT2D eigenvalue weighted by Gasteiger charge is -2.35. The van der Waals surface area contributed by atoms with E-state index in [9.17, 15) is 33.6 Å². The highest BCUT2D eigenvalue weighted by Crippen LogP contribution is 2.23. The van der Waals surface area contributed by atoms with E-state index in [2.05, 4.69) is 54.5 Å². The zero-order valence-corrected chi connectivity index (χ0v) is 37.0. The molecule has 1 aromatic rings. The third kappa shape index (κ3) is 16.1. The first-order valence-electron chi connectivity index (χ1n) is 20.6. The Balaban J connectivity index is 1.85. The van der Waals surface area contributed by atoms with Gasteiger partial charge in [0.15, 0.2) is 0 Å². The first-order chi connectivity index (χ1) is 27.5. The molecule has 16 nitrogen and oxygen atoms in total. The van der Waals surface area contributed by atoms with Crippen molar-refractivity contribution >= 4 is 64.0 Å². The Bertz CT molecular complexity index is 1570. The van der Waals surface area contributed by atoms with Crippen molar-refractivity contribution in [2.45, 2.75) is 136 Å². The maximum Gasteiger partial charge on any atom is 0.306 e. The van der Waals surface area contributed by atoms with Gasteiger partial charge in [-0.05, 0) is 103 Å². The zero-order chi connectivity index (χ0) is 42.9. The summed E-state index contributed by atoms with van der Waals surface area (Å²) in [6.45, 7) is 12.8. The van der Waals surface area contributed by atoms with Crippen LogP contribution in [0.15, 0.2) is 24.3 Å². The number of benzene rings is 1. The molecule has 0 aliphatic carbocycles. The molecule has 2 fully saturated rings. The molecule has 17 heteroatoms. The number of carbonyl (C=O) groups is 7. The second-order valence-electron chi connectivity index (χ2n) is 16.3. The van der Waals surface area contributed by atoms with Crippen LogP contribution in [-0.2, 0) is 44.8 Å². The molecule has 8 N–H and O–H groups in total. The average Bonchev–Trinajstić information content (AvgIpc) is 3.88. The maximum absolute atomic E-state index is 14.3. The second kappa shape index (κ2) is 24.3. The quantitative estimate of drug-likeness (QED) is 0.0620. The van der Waals surface area contributed by atoms with E-state index in [-0.39, 0.29) is 61.5 Å². The molecule has 0 radical (unpaired) electrons. The Morgan fingerprint density at radius 1 is 0.914 bits per heavy atom. The first kappa shape index (κ1) is 48.5. The summed E-state index contributed by atoms with van der Waals surface area (Å²) >= 11 is 2.22. The number of amides is 6. The molecule has 0 aromatic heterocycles. The second-order valence-corrected chi connectivity index (χ2v) is 17.5. The van der Waals surface area contributed by atoms with Crippen LogP contribution < -0.4 is 37.6 Å². The van der Waals surface area contributed by atoms with E-state index in [1.807, 2.05) is 70.7 Å². The van der Waals surface area contributed by atoms with Crippen LogP contribution in [0.25, 0.3) is 0 Å². The molecule has 7 atom stereocenters. The Morgan fingerprint density at radius 2 is 1.64 bits per heavy atom. The molecule has 324 valence electrons. The van der Waals surface area contributed by atoms with E-state index in [0.717, 1.165) is 28.5 Å². The lowest BCUT2D eigenvalue weighted by Crippen LogP contribution is -2.61. The number of hydrogen-bond donors (Lipinski definition) is 7.